The summed E-state index contributed by atoms with van der Waals surface area (Å²) in [4.78, 5) is 41.6. The Kier molecular flexibility index (Phi) is 6.97. The molecule has 5 rings (SSSR count). The summed E-state index contributed by atoms with van der Waals surface area (Å²) < 4.78 is 0. The molecular weight excluding hydrogens is 454 g/mol. The van der Waals surface area contributed by atoms with Gasteiger partial charge in [-0.05, 0) is 50.3 Å². The molecule has 2 aliphatic carbocycles. The second kappa shape index (κ2) is 10.1. The van der Waals surface area contributed by atoms with E-state index in [1.165, 1.54) is 0 Å². The van der Waals surface area contributed by atoms with E-state index in [0.717, 1.165) is 44.2 Å². The van der Waals surface area contributed by atoms with Gasteiger partial charge in [0.2, 0.25) is 11.8 Å². The summed E-state index contributed by atoms with van der Waals surface area (Å²) in [5.74, 6) is 0.276. The summed E-state index contributed by atoms with van der Waals surface area (Å²) >= 11 is 6.51. The van der Waals surface area contributed by atoms with Crippen LogP contribution in [-0.2, 0) is 9.59 Å². The van der Waals surface area contributed by atoms with E-state index in [1.54, 1.807) is 6.07 Å². The fourth-order valence-electron chi connectivity index (χ4n) is 5.40. The van der Waals surface area contributed by atoms with E-state index in [2.05, 4.69) is 20.9 Å². The molecular formula is C25H34ClN5O3. The summed E-state index contributed by atoms with van der Waals surface area (Å²) in [5, 5.41) is 10.2. The zero-order valence-electron chi connectivity index (χ0n) is 19.5. The minimum absolute atomic E-state index is 0.0750. The number of nitrogens with zero attached hydrogens (tertiary/aromatic N) is 2. The van der Waals surface area contributed by atoms with Gasteiger partial charge in [0.25, 0.3) is 5.91 Å². The lowest BCUT2D eigenvalue weighted by Gasteiger charge is -2.40. The summed E-state index contributed by atoms with van der Waals surface area (Å²) in [6.45, 7) is 2.66. The molecule has 2 saturated heterocycles. The lowest BCUT2D eigenvalue weighted by atomic mass is 9.82. The second-order valence-corrected chi connectivity index (χ2v) is 10.5. The van der Waals surface area contributed by atoms with Gasteiger partial charge in [-0.15, -0.1) is 0 Å². The average molecular weight is 488 g/mol. The van der Waals surface area contributed by atoms with Crippen LogP contribution in [0.2, 0.25) is 5.02 Å². The molecule has 9 heteroatoms. The van der Waals surface area contributed by atoms with Crippen molar-refractivity contribution in [3.8, 4) is 0 Å². The molecule has 3 amide bonds. The van der Waals surface area contributed by atoms with E-state index >= 15 is 0 Å². The zero-order valence-corrected chi connectivity index (χ0v) is 20.3. The van der Waals surface area contributed by atoms with Gasteiger partial charge in [0.05, 0.1) is 22.8 Å². The van der Waals surface area contributed by atoms with Gasteiger partial charge in [-0.2, -0.15) is 0 Å². The molecule has 3 unspecified atom stereocenters. The molecule has 2 saturated carbocycles. The Bertz CT molecular complexity index is 944. The molecule has 0 spiro atoms. The first-order chi connectivity index (χ1) is 16.5. The third-order valence-corrected chi connectivity index (χ3v) is 7.88. The van der Waals surface area contributed by atoms with Gasteiger partial charge in [-0.25, -0.2) is 0 Å². The van der Waals surface area contributed by atoms with Gasteiger partial charge in [-0.1, -0.05) is 24.4 Å². The second-order valence-electron chi connectivity index (χ2n) is 10.0. The third-order valence-electron chi connectivity index (χ3n) is 7.58. The monoisotopic (exact) mass is 487 g/mol. The summed E-state index contributed by atoms with van der Waals surface area (Å²) in [7, 11) is 0. The molecule has 184 valence electrons. The predicted octanol–water partition coefficient (Wildman–Crippen LogP) is 2.27. The first kappa shape index (κ1) is 23.4. The van der Waals surface area contributed by atoms with Crippen molar-refractivity contribution in [2.45, 2.75) is 69.6 Å². The van der Waals surface area contributed by atoms with Crippen molar-refractivity contribution >= 4 is 35.0 Å². The van der Waals surface area contributed by atoms with Crippen LogP contribution in [0, 0.1) is 5.92 Å². The number of rotatable bonds is 6. The topological polar surface area (TPSA) is 93.8 Å². The van der Waals surface area contributed by atoms with Crippen molar-refractivity contribution in [3.63, 3.8) is 0 Å². The summed E-state index contributed by atoms with van der Waals surface area (Å²) in [5.41, 5.74) is 1.48. The largest absolute Gasteiger partial charge is 0.367 e. The molecule has 1 aromatic rings. The Morgan fingerprint density at radius 3 is 2.56 bits per heavy atom. The molecule has 2 heterocycles. The number of carbonyl (C=O) groups is 3. The van der Waals surface area contributed by atoms with E-state index in [-0.39, 0.29) is 35.8 Å². The van der Waals surface area contributed by atoms with Gasteiger partial charge >= 0.3 is 0 Å². The van der Waals surface area contributed by atoms with Crippen molar-refractivity contribution in [2.75, 3.05) is 31.1 Å². The third kappa shape index (κ3) is 5.33. The average Bonchev–Trinajstić information content (AvgIpc) is 3.66. The molecule has 3 N–H and O–H groups in total. The molecule has 8 nitrogen and oxygen atoms in total. The van der Waals surface area contributed by atoms with Gasteiger partial charge < -0.3 is 20.4 Å². The highest BCUT2D eigenvalue weighted by atomic mass is 35.5. The van der Waals surface area contributed by atoms with Crippen LogP contribution in [0.1, 0.15) is 61.7 Å². The zero-order chi connectivity index (χ0) is 23.7. The van der Waals surface area contributed by atoms with Crippen molar-refractivity contribution in [1.29, 1.82) is 0 Å². The maximum absolute atomic E-state index is 12.8. The van der Waals surface area contributed by atoms with Gasteiger partial charge in [0, 0.05) is 50.2 Å². The maximum Gasteiger partial charge on any atom is 0.251 e. The van der Waals surface area contributed by atoms with Crippen LogP contribution in [0.25, 0.3) is 0 Å². The van der Waals surface area contributed by atoms with Crippen LogP contribution in [0.4, 0.5) is 5.69 Å². The highest BCUT2D eigenvalue weighted by Crippen LogP contribution is 2.29. The van der Waals surface area contributed by atoms with Crippen molar-refractivity contribution in [3.05, 3.63) is 28.8 Å². The molecule has 34 heavy (non-hydrogen) atoms. The number of hydrogen-bond donors (Lipinski definition) is 3. The SMILES string of the molecule is O=C(NC1CC1)c1ccc(N2CCN(C(=O)CCC3NC(=O)C4CCCCC4N3)CC2)c(Cl)c1. The van der Waals surface area contributed by atoms with Gasteiger partial charge in [0.15, 0.2) is 0 Å². The Balaban J connectivity index is 1.09. The highest BCUT2D eigenvalue weighted by Gasteiger charge is 2.37. The Labute approximate surface area is 205 Å². The van der Waals surface area contributed by atoms with Crippen LogP contribution in [0.15, 0.2) is 18.2 Å². The quantitative estimate of drug-likeness (QED) is 0.572. The van der Waals surface area contributed by atoms with E-state index in [0.29, 0.717) is 55.6 Å². The summed E-state index contributed by atoms with van der Waals surface area (Å²) in [6.07, 6.45) is 7.30. The van der Waals surface area contributed by atoms with E-state index < -0.39 is 0 Å². The van der Waals surface area contributed by atoms with Crippen LogP contribution < -0.4 is 20.9 Å². The van der Waals surface area contributed by atoms with Crippen LogP contribution >= 0.6 is 11.6 Å². The molecule has 0 aromatic heterocycles. The number of anilines is 1. The smallest absolute Gasteiger partial charge is 0.251 e. The lowest BCUT2D eigenvalue weighted by Crippen LogP contribution is -2.62. The lowest BCUT2D eigenvalue weighted by molar-refractivity contribution is -0.134. The number of fused-ring (bicyclic) bond motifs is 1. The highest BCUT2D eigenvalue weighted by molar-refractivity contribution is 6.33. The summed E-state index contributed by atoms with van der Waals surface area (Å²) in [6, 6.07) is 6.01. The van der Waals surface area contributed by atoms with E-state index in [1.807, 2.05) is 17.0 Å². The predicted molar refractivity (Wildman–Crippen MR) is 131 cm³/mol. The standard InChI is InChI=1S/C25H34ClN5O3/c26-19-15-16(24(33)27-17-6-7-17)5-8-21(19)30-11-13-31(14-12-30)23(32)10-9-22-28-20-4-2-1-3-18(20)25(34)29-22/h5,8,15,17-18,20,22,28H,1-4,6-7,9-14H2,(H,27,33)(H,29,34). The molecule has 4 aliphatic rings. The van der Waals surface area contributed by atoms with Crippen LogP contribution in [-0.4, -0.2) is 67.0 Å². The van der Waals surface area contributed by atoms with Crippen molar-refractivity contribution in [2.24, 2.45) is 5.92 Å². The fourth-order valence-corrected chi connectivity index (χ4v) is 5.70. The number of benzene rings is 1. The minimum Gasteiger partial charge on any atom is -0.367 e. The maximum atomic E-state index is 12.8. The molecule has 4 fully saturated rings. The molecule has 3 atom stereocenters. The number of hydrogen-bond acceptors (Lipinski definition) is 5. The Morgan fingerprint density at radius 1 is 1.06 bits per heavy atom. The fraction of sp³-hybridized carbons (Fsp3) is 0.640. The van der Waals surface area contributed by atoms with Crippen molar-refractivity contribution < 1.29 is 14.4 Å². The Hall–Kier alpha value is -2.32. The van der Waals surface area contributed by atoms with Crippen molar-refractivity contribution in [1.82, 2.24) is 20.9 Å². The number of amides is 3. The van der Waals surface area contributed by atoms with Crippen LogP contribution in [0.3, 0.4) is 0 Å². The van der Waals surface area contributed by atoms with Gasteiger partial charge in [0.1, 0.15) is 0 Å². The molecule has 1 aromatic carbocycles. The Morgan fingerprint density at radius 2 is 1.82 bits per heavy atom. The normalized spacial score (nSPS) is 27.1. The first-order valence-corrected chi connectivity index (χ1v) is 13.1. The minimum atomic E-state index is -0.119. The number of nitrogens with one attached hydrogen (secondary N) is 3. The number of halogens is 1. The van der Waals surface area contributed by atoms with E-state index in [9.17, 15) is 14.4 Å². The van der Waals surface area contributed by atoms with Gasteiger partial charge in [-0.3, -0.25) is 19.7 Å². The van der Waals surface area contributed by atoms with Crippen LogP contribution in [0.5, 0.6) is 0 Å². The molecule has 0 radical (unpaired) electrons. The number of carbonyl (C=O) groups excluding carboxylic acids is 3. The number of piperazine rings is 1. The van der Waals surface area contributed by atoms with E-state index in [4.69, 9.17) is 11.6 Å². The molecule has 2 aliphatic heterocycles. The first-order valence-electron chi connectivity index (χ1n) is 12.7. The molecule has 0 bridgehead atoms.